The topological polar surface area (TPSA) is 41.1 Å². The Labute approximate surface area is 132 Å². The molecule has 0 aliphatic carbocycles. The van der Waals surface area contributed by atoms with E-state index in [4.69, 9.17) is 0 Å². The van der Waals surface area contributed by atoms with Crippen molar-refractivity contribution in [2.24, 2.45) is 0 Å². The number of halogens is 1. The number of fused-ring (bicyclic) bond motifs is 1. The molecule has 108 valence electrons. The number of amides is 1. The minimum absolute atomic E-state index is 0.0670. The number of hydrogen-bond acceptors (Lipinski definition) is 2. The Kier molecular flexibility index (Phi) is 4.08. The number of carbonyl (C=O) groups excluding carboxylic acids is 1. The average Bonchev–Trinajstić information content (AvgIpc) is 2.50. The maximum Gasteiger partial charge on any atom is 0.255 e. The Balaban J connectivity index is 1.86. The maximum absolute atomic E-state index is 12.4. The van der Waals surface area contributed by atoms with Gasteiger partial charge in [-0.2, -0.15) is 0 Å². The number of anilines is 1. The lowest BCUT2D eigenvalue weighted by Gasteiger charge is -2.20. The van der Waals surface area contributed by atoms with E-state index in [0.29, 0.717) is 5.56 Å². The fourth-order valence-corrected chi connectivity index (χ4v) is 2.96. The van der Waals surface area contributed by atoms with E-state index in [9.17, 15) is 4.79 Å². The summed E-state index contributed by atoms with van der Waals surface area (Å²) in [5.41, 5.74) is 5.23. The number of benzene rings is 2. The zero-order valence-electron chi connectivity index (χ0n) is 11.9. The van der Waals surface area contributed by atoms with Gasteiger partial charge in [0.15, 0.2) is 0 Å². The zero-order chi connectivity index (χ0) is 14.8. The van der Waals surface area contributed by atoms with Gasteiger partial charge in [0.25, 0.3) is 5.91 Å². The molecule has 3 rings (SSSR count). The Morgan fingerprint density at radius 1 is 1.29 bits per heavy atom. The van der Waals surface area contributed by atoms with Crippen molar-refractivity contribution >= 4 is 27.5 Å². The first-order valence-corrected chi connectivity index (χ1v) is 7.83. The van der Waals surface area contributed by atoms with Crippen LogP contribution in [0.3, 0.4) is 0 Å². The minimum Gasteiger partial charge on any atom is -0.322 e. The summed E-state index contributed by atoms with van der Waals surface area (Å²) in [5.74, 6) is -0.0670. The summed E-state index contributed by atoms with van der Waals surface area (Å²) in [6, 6.07) is 11.7. The number of nitrogens with one attached hydrogen (secondary N) is 2. The molecule has 0 saturated heterocycles. The van der Waals surface area contributed by atoms with E-state index in [1.807, 2.05) is 37.3 Å². The molecule has 3 nitrogen and oxygen atoms in total. The Morgan fingerprint density at radius 2 is 2.14 bits per heavy atom. The third kappa shape index (κ3) is 3.01. The van der Waals surface area contributed by atoms with Crippen LogP contribution in [0, 0.1) is 6.92 Å². The van der Waals surface area contributed by atoms with Crippen molar-refractivity contribution in [2.75, 3.05) is 11.9 Å². The van der Waals surface area contributed by atoms with Crippen LogP contribution in [-0.2, 0) is 13.0 Å². The Bertz CT molecular complexity index is 697. The largest absolute Gasteiger partial charge is 0.322 e. The van der Waals surface area contributed by atoms with Crippen LogP contribution in [0.25, 0.3) is 0 Å². The normalized spacial score (nSPS) is 13.6. The molecule has 0 bridgehead atoms. The molecule has 0 spiro atoms. The van der Waals surface area contributed by atoms with E-state index in [-0.39, 0.29) is 5.91 Å². The predicted octanol–water partition coefficient (Wildman–Crippen LogP) is 3.66. The molecule has 1 heterocycles. The lowest BCUT2D eigenvalue weighted by Crippen LogP contribution is -2.25. The molecule has 4 heteroatoms. The van der Waals surface area contributed by atoms with Crippen molar-refractivity contribution in [2.45, 2.75) is 19.9 Å². The van der Waals surface area contributed by atoms with E-state index in [1.54, 1.807) is 0 Å². The van der Waals surface area contributed by atoms with Crippen LogP contribution in [0.15, 0.2) is 40.9 Å². The molecule has 0 atom stereocenters. The summed E-state index contributed by atoms with van der Waals surface area (Å²) in [4.78, 5) is 12.4. The van der Waals surface area contributed by atoms with E-state index in [2.05, 4.69) is 32.6 Å². The third-order valence-electron chi connectivity index (χ3n) is 3.82. The quantitative estimate of drug-likeness (QED) is 0.872. The van der Waals surface area contributed by atoms with Crippen LogP contribution in [0.4, 0.5) is 5.69 Å². The molecule has 2 aromatic carbocycles. The molecular formula is C17H17BrN2O. The molecule has 0 fully saturated rings. The van der Waals surface area contributed by atoms with E-state index in [0.717, 1.165) is 35.2 Å². The fraction of sp³-hybridized carbons (Fsp3) is 0.235. The smallest absolute Gasteiger partial charge is 0.255 e. The van der Waals surface area contributed by atoms with E-state index in [1.165, 1.54) is 11.1 Å². The van der Waals surface area contributed by atoms with Gasteiger partial charge in [0.1, 0.15) is 0 Å². The van der Waals surface area contributed by atoms with Crippen molar-refractivity contribution < 1.29 is 4.79 Å². The van der Waals surface area contributed by atoms with Crippen molar-refractivity contribution in [3.63, 3.8) is 0 Å². The highest BCUT2D eigenvalue weighted by molar-refractivity contribution is 9.10. The molecule has 21 heavy (non-hydrogen) atoms. The number of rotatable bonds is 2. The SMILES string of the molecule is Cc1ccc(C(=O)Nc2cccc3c2CCNC3)cc1Br. The van der Waals surface area contributed by atoms with Crippen LogP contribution in [-0.4, -0.2) is 12.5 Å². The number of hydrogen-bond donors (Lipinski definition) is 2. The predicted molar refractivity (Wildman–Crippen MR) is 88.7 cm³/mol. The molecule has 2 N–H and O–H groups in total. The first kappa shape index (κ1) is 14.3. The van der Waals surface area contributed by atoms with Gasteiger partial charge in [0.05, 0.1) is 0 Å². The Morgan fingerprint density at radius 3 is 2.95 bits per heavy atom. The van der Waals surface area contributed by atoms with Crippen molar-refractivity contribution in [3.05, 3.63) is 63.1 Å². The second-order valence-corrected chi connectivity index (χ2v) is 6.14. The molecule has 0 unspecified atom stereocenters. The highest BCUT2D eigenvalue weighted by Gasteiger charge is 2.15. The maximum atomic E-state index is 12.4. The van der Waals surface area contributed by atoms with Gasteiger partial charge >= 0.3 is 0 Å². The molecule has 0 aromatic heterocycles. The monoisotopic (exact) mass is 344 g/mol. The average molecular weight is 345 g/mol. The van der Waals surface area contributed by atoms with Gasteiger partial charge in [-0.25, -0.2) is 0 Å². The van der Waals surface area contributed by atoms with E-state index >= 15 is 0 Å². The van der Waals surface area contributed by atoms with Crippen LogP contribution < -0.4 is 10.6 Å². The van der Waals surface area contributed by atoms with Crippen molar-refractivity contribution in [3.8, 4) is 0 Å². The van der Waals surface area contributed by atoms with Gasteiger partial charge in [-0.15, -0.1) is 0 Å². The lowest BCUT2D eigenvalue weighted by atomic mass is 9.99. The summed E-state index contributed by atoms with van der Waals surface area (Å²) in [5, 5.41) is 6.39. The molecule has 1 aliphatic heterocycles. The number of carbonyl (C=O) groups is 1. The van der Waals surface area contributed by atoms with Gasteiger partial charge in [-0.05, 0) is 54.8 Å². The van der Waals surface area contributed by atoms with Crippen LogP contribution in [0.1, 0.15) is 27.0 Å². The second-order valence-electron chi connectivity index (χ2n) is 5.29. The molecule has 0 saturated carbocycles. The van der Waals surface area contributed by atoms with Gasteiger partial charge in [-0.3, -0.25) is 4.79 Å². The third-order valence-corrected chi connectivity index (χ3v) is 4.68. The fourth-order valence-electron chi connectivity index (χ4n) is 2.58. The first-order valence-electron chi connectivity index (χ1n) is 7.04. The highest BCUT2D eigenvalue weighted by atomic mass is 79.9. The molecule has 1 aliphatic rings. The minimum atomic E-state index is -0.0670. The summed E-state index contributed by atoms with van der Waals surface area (Å²) < 4.78 is 0.953. The van der Waals surface area contributed by atoms with Gasteiger partial charge in [0.2, 0.25) is 0 Å². The van der Waals surface area contributed by atoms with Crippen LogP contribution in [0.2, 0.25) is 0 Å². The lowest BCUT2D eigenvalue weighted by molar-refractivity contribution is 0.102. The summed E-state index contributed by atoms with van der Waals surface area (Å²) >= 11 is 3.47. The first-order chi connectivity index (χ1) is 10.1. The van der Waals surface area contributed by atoms with Gasteiger partial charge in [-0.1, -0.05) is 34.1 Å². The van der Waals surface area contributed by atoms with Gasteiger partial charge < -0.3 is 10.6 Å². The zero-order valence-corrected chi connectivity index (χ0v) is 13.5. The van der Waals surface area contributed by atoms with Gasteiger partial charge in [0, 0.05) is 22.3 Å². The van der Waals surface area contributed by atoms with Crippen LogP contribution in [0.5, 0.6) is 0 Å². The second kappa shape index (κ2) is 6.00. The highest BCUT2D eigenvalue weighted by Crippen LogP contribution is 2.24. The number of aryl methyl sites for hydroxylation is 1. The summed E-state index contributed by atoms with van der Waals surface area (Å²) in [6.45, 7) is 3.83. The Hall–Kier alpha value is -1.65. The van der Waals surface area contributed by atoms with Crippen molar-refractivity contribution in [1.82, 2.24) is 5.32 Å². The standard InChI is InChI=1S/C17H17BrN2O/c1-11-5-6-12(9-15(11)18)17(21)20-16-4-2-3-13-10-19-8-7-14(13)16/h2-6,9,19H,7-8,10H2,1H3,(H,20,21). The van der Waals surface area contributed by atoms with E-state index < -0.39 is 0 Å². The molecule has 2 aromatic rings. The van der Waals surface area contributed by atoms with Crippen molar-refractivity contribution in [1.29, 1.82) is 0 Å². The summed E-state index contributed by atoms with van der Waals surface area (Å²) in [7, 11) is 0. The molecule has 0 radical (unpaired) electrons. The van der Waals surface area contributed by atoms with Crippen LogP contribution >= 0.6 is 15.9 Å². The molecular weight excluding hydrogens is 328 g/mol. The summed E-state index contributed by atoms with van der Waals surface area (Å²) in [6.07, 6.45) is 0.948. The molecule has 1 amide bonds.